The van der Waals surface area contributed by atoms with Crippen LogP contribution in [0.1, 0.15) is 58.7 Å². The van der Waals surface area contributed by atoms with Gasteiger partial charge in [0, 0.05) is 30.3 Å². The minimum absolute atomic E-state index is 0.0726. The molecule has 0 fully saturated rings. The number of carbonyl (C=O) groups excluding carboxylic acids is 1. The summed E-state index contributed by atoms with van der Waals surface area (Å²) in [5.74, 6) is 0. The van der Waals surface area contributed by atoms with Gasteiger partial charge in [0.25, 0.3) is 0 Å². The normalized spacial score (nSPS) is 13.7. The van der Waals surface area contributed by atoms with Crippen LogP contribution in [0.25, 0.3) is 0 Å². The highest BCUT2D eigenvalue weighted by Crippen LogP contribution is 2.25. The summed E-state index contributed by atoms with van der Waals surface area (Å²) < 4.78 is 0. The topological polar surface area (TPSA) is 74.2 Å². The standard InChI is InChI=1S/C17H31N3O2S/c1-12(21)9-17(5,6)11-19-15(22)18-8-7-13-10-23-14(20-13)16(2,3)4/h10,12,21H,7-9,11H2,1-6H3,(H2,18,19,22). The lowest BCUT2D eigenvalue weighted by atomic mass is 9.87. The van der Waals surface area contributed by atoms with Gasteiger partial charge in [-0.1, -0.05) is 34.6 Å². The number of amides is 2. The molecule has 0 saturated heterocycles. The first-order valence-corrected chi connectivity index (χ1v) is 9.02. The molecule has 0 radical (unpaired) electrons. The molecule has 3 N–H and O–H groups in total. The van der Waals surface area contributed by atoms with Crippen molar-refractivity contribution in [3.8, 4) is 0 Å². The Morgan fingerprint density at radius 3 is 2.48 bits per heavy atom. The van der Waals surface area contributed by atoms with Gasteiger partial charge in [0.2, 0.25) is 0 Å². The number of thiazole rings is 1. The average molecular weight is 342 g/mol. The lowest BCUT2D eigenvalue weighted by molar-refractivity contribution is 0.129. The molecule has 1 heterocycles. The Morgan fingerprint density at radius 2 is 1.96 bits per heavy atom. The number of nitrogens with one attached hydrogen (secondary N) is 2. The summed E-state index contributed by atoms with van der Waals surface area (Å²) >= 11 is 1.67. The van der Waals surface area contributed by atoms with Crippen molar-refractivity contribution in [1.29, 1.82) is 0 Å². The minimum atomic E-state index is -0.364. The van der Waals surface area contributed by atoms with E-state index < -0.39 is 0 Å². The number of carbonyl (C=O) groups is 1. The van der Waals surface area contributed by atoms with Crippen LogP contribution in [0, 0.1) is 5.41 Å². The van der Waals surface area contributed by atoms with Crippen molar-refractivity contribution in [2.45, 2.75) is 65.9 Å². The van der Waals surface area contributed by atoms with E-state index in [0.717, 1.165) is 17.1 Å². The lowest BCUT2D eigenvalue weighted by Crippen LogP contribution is -2.42. The fourth-order valence-corrected chi connectivity index (χ4v) is 3.27. The van der Waals surface area contributed by atoms with Crippen LogP contribution in [0.15, 0.2) is 5.38 Å². The highest BCUT2D eigenvalue weighted by Gasteiger charge is 2.21. The molecule has 0 aliphatic heterocycles. The second-order valence-electron chi connectivity index (χ2n) is 7.97. The smallest absolute Gasteiger partial charge is 0.314 e. The second-order valence-corrected chi connectivity index (χ2v) is 8.83. The zero-order chi connectivity index (χ0) is 17.7. The molecule has 1 aromatic heterocycles. The van der Waals surface area contributed by atoms with E-state index in [9.17, 15) is 9.90 Å². The molecule has 0 saturated carbocycles. The second kappa shape index (κ2) is 8.11. The van der Waals surface area contributed by atoms with Crippen molar-refractivity contribution >= 4 is 17.4 Å². The number of hydrogen-bond donors (Lipinski definition) is 3. The molecule has 1 unspecified atom stereocenters. The van der Waals surface area contributed by atoms with Crippen LogP contribution >= 0.6 is 11.3 Å². The van der Waals surface area contributed by atoms with Gasteiger partial charge in [-0.3, -0.25) is 0 Å². The highest BCUT2D eigenvalue weighted by molar-refractivity contribution is 7.09. The van der Waals surface area contributed by atoms with E-state index in [1.54, 1.807) is 18.3 Å². The van der Waals surface area contributed by atoms with Gasteiger partial charge in [0.05, 0.1) is 16.8 Å². The van der Waals surface area contributed by atoms with Crippen molar-refractivity contribution in [2.24, 2.45) is 5.41 Å². The molecule has 0 aliphatic rings. The summed E-state index contributed by atoms with van der Waals surface area (Å²) in [7, 11) is 0. The van der Waals surface area contributed by atoms with Gasteiger partial charge in [-0.25, -0.2) is 9.78 Å². The van der Waals surface area contributed by atoms with E-state index in [4.69, 9.17) is 0 Å². The van der Waals surface area contributed by atoms with Crippen LogP contribution in [0.2, 0.25) is 0 Å². The summed E-state index contributed by atoms with van der Waals surface area (Å²) in [5, 5.41) is 18.4. The molecule has 0 bridgehead atoms. The number of urea groups is 1. The number of aliphatic hydroxyl groups is 1. The number of aliphatic hydroxyl groups excluding tert-OH is 1. The Kier molecular flexibility index (Phi) is 7.02. The number of aromatic nitrogens is 1. The summed E-state index contributed by atoms with van der Waals surface area (Å²) in [6, 6.07) is -0.171. The molecule has 1 rings (SSSR count). The van der Waals surface area contributed by atoms with Gasteiger partial charge in [-0.05, 0) is 18.8 Å². The predicted molar refractivity (Wildman–Crippen MR) is 96.0 cm³/mol. The zero-order valence-electron chi connectivity index (χ0n) is 15.2. The predicted octanol–water partition coefficient (Wildman–Crippen LogP) is 3.08. The maximum absolute atomic E-state index is 11.8. The van der Waals surface area contributed by atoms with Crippen LogP contribution in [-0.4, -0.2) is 35.3 Å². The molecular weight excluding hydrogens is 310 g/mol. The van der Waals surface area contributed by atoms with Crippen LogP contribution < -0.4 is 10.6 Å². The van der Waals surface area contributed by atoms with Crippen molar-refractivity contribution in [3.05, 3.63) is 16.1 Å². The molecule has 0 aromatic carbocycles. The first kappa shape index (κ1) is 19.9. The van der Waals surface area contributed by atoms with Gasteiger partial charge < -0.3 is 15.7 Å². The van der Waals surface area contributed by atoms with Crippen molar-refractivity contribution in [1.82, 2.24) is 15.6 Å². The third-order valence-corrected chi connectivity index (χ3v) is 4.75. The number of nitrogens with zero attached hydrogens (tertiary/aromatic N) is 1. The molecular formula is C17H31N3O2S. The fraction of sp³-hybridized carbons (Fsp3) is 0.765. The zero-order valence-corrected chi connectivity index (χ0v) is 16.0. The average Bonchev–Trinajstić information content (AvgIpc) is 2.84. The van der Waals surface area contributed by atoms with Crippen LogP contribution in [0.5, 0.6) is 0 Å². The van der Waals surface area contributed by atoms with E-state index in [0.29, 0.717) is 19.5 Å². The van der Waals surface area contributed by atoms with Crippen molar-refractivity contribution < 1.29 is 9.90 Å². The Hall–Kier alpha value is -1.14. The summed E-state index contributed by atoms with van der Waals surface area (Å²) in [6.07, 6.45) is 1.02. The molecule has 2 amide bonds. The Balaban J connectivity index is 2.30. The summed E-state index contributed by atoms with van der Waals surface area (Å²) in [6.45, 7) is 13.4. The van der Waals surface area contributed by atoms with E-state index in [1.807, 2.05) is 13.8 Å². The largest absolute Gasteiger partial charge is 0.393 e. The maximum atomic E-state index is 11.8. The SMILES string of the molecule is CC(O)CC(C)(C)CNC(=O)NCCc1csc(C(C)(C)C)n1. The first-order chi connectivity index (χ1) is 10.5. The van der Waals surface area contributed by atoms with Gasteiger partial charge in [0.1, 0.15) is 0 Å². The van der Waals surface area contributed by atoms with Crippen molar-refractivity contribution in [3.63, 3.8) is 0 Å². The van der Waals surface area contributed by atoms with Crippen molar-refractivity contribution in [2.75, 3.05) is 13.1 Å². The highest BCUT2D eigenvalue weighted by atomic mass is 32.1. The van der Waals surface area contributed by atoms with Gasteiger partial charge in [-0.2, -0.15) is 0 Å². The maximum Gasteiger partial charge on any atom is 0.314 e. The fourth-order valence-electron chi connectivity index (χ4n) is 2.32. The Bertz CT molecular complexity index is 504. The Labute approximate surface area is 143 Å². The van der Waals surface area contributed by atoms with Gasteiger partial charge >= 0.3 is 6.03 Å². The lowest BCUT2D eigenvalue weighted by Gasteiger charge is -2.26. The minimum Gasteiger partial charge on any atom is -0.393 e. The molecule has 0 spiro atoms. The molecule has 132 valence electrons. The van der Waals surface area contributed by atoms with Crippen LogP contribution in [0.3, 0.4) is 0 Å². The van der Waals surface area contributed by atoms with E-state index >= 15 is 0 Å². The molecule has 1 atom stereocenters. The monoisotopic (exact) mass is 341 g/mol. The number of rotatable bonds is 7. The third-order valence-electron chi connectivity index (χ3n) is 3.44. The molecule has 6 heteroatoms. The molecule has 0 aliphatic carbocycles. The summed E-state index contributed by atoms with van der Waals surface area (Å²) in [5.41, 5.74) is 0.972. The molecule has 1 aromatic rings. The van der Waals surface area contributed by atoms with E-state index in [-0.39, 0.29) is 23.0 Å². The van der Waals surface area contributed by atoms with Crippen LogP contribution in [0.4, 0.5) is 4.79 Å². The Morgan fingerprint density at radius 1 is 1.30 bits per heavy atom. The van der Waals surface area contributed by atoms with E-state index in [1.165, 1.54) is 0 Å². The van der Waals surface area contributed by atoms with E-state index in [2.05, 4.69) is 41.8 Å². The first-order valence-electron chi connectivity index (χ1n) is 8.14. The quantitative estimate of drug-likeness (QED) is 0.713. The number of hydrogen-bond acceptors (Lipinski definition) is 4. The molecule has 23 heavy (non-hydrogen) atoms. The summed E-state index contributed by atoms with van der Waals surface area (Å²) in [4.78, 5) is 16.4. The third kappa shape index (κ3) is 7.79. The van der Waals surface area contributed by atoms with Gasteiger partial charge in [0.15, 0.2) is 0 Å². The van der Waals surface area contributed by atoms with Crippen LogP contribution in [-0.2, 0) is 11.8 Å². The molecule has 5 nitrogen and oxygen atoms in total. The van der Waals surface area contributed by atoms with Gasteiger partial charge in [-0.15, -0.1) is 11.3 Å².